The van der Waals surface area contributed by atoms with Crippen molar-refractivity contribution in [2.24, 2.45) is 5.92 Å². The van der Waals surface area contributed by atoms with E-state index in [1.165, 1.54) is 40.8 Å². The number of H-pyrrole nitrogens is 1. The van der Waals surface area contributed by atoms with E-state index in [-0.39, 0.29) is 0 Å². The summed E-state index contributed by atoms with van der Waals surface area (Å²) in [5.74, 6) is 3.72. The van der Waals surface area contributed by atoms with Crippen molar-refractivity contribution >= 4 is 16.9 Å². The van der Waals surface area contributed by atoms with Crippen molar-refractivity contribution < 1.29 is 4.74 Å². The molecule has 0 saturated heterocycles. The Hall–Kier alpha value is -3.41. The molecule has 1 unspecified atom stereocenters. The summed E-state index contributed by atoms with van der Waals surface area (Å²) in [6.07, 6.45) is 6.32. The molecule has 6 rings (SSSR count). The Bertz CT molecular complexity index is 1330. The Morgan fingerprint density at radius 3 is 2.91 bits per heavy atom. The van der Waals surface area contributed by atoms with Crippen molar-refractivity contribution in [2.75, 3.05) is 18.1 Å². The summed E-state index contributed by atoms with van der Waals surface area (Å²) in [5.41, 5.74) is 8.19. The van der Waals surface area contributed by atoms with Crippen molar-refractivity contribution in [1.29, 1.82) is 0 Å². The molecular weight excluding hydrogens is 410 g/mol. The van der Waals surface area contributed by atoms with Gasteiger partial charge in [-0.3, -0.25) is 0 Å². The SMILES string of the molecule is CCC1CCc2ncnc(N3CCOc4ccc(-c5ccc6nc(C)[nH]c6c5)cc4C3)c2C1. The first-order valence-corrected chi connectivity index (χ1v) is 12.0. The zero-order valence-electron chi connectivity index (χ0n) is 19.3. The van der Waals surface area contributed by atoms with Crippen LogP contribution in [0.15, 0.2) is 42.7 Å². The Labute approximate surface area is 194 Å². The van der Waals surface area contributed by atoms with Gasteiger partial charge in [-0.25, -0.2) is 15.0 Å². The van der Waals surface area contributed by atoms with Gasteiger partial charge in [0.25, 0.3) is 0 Å². The first-order chi connectivity index (χ1) is 16.2. The highest BCUT2D eigenvalue weighted by Gasteiger charge is 2.26. The van der Waals surface area contributed by atoms with Gasteiger partial charge in [-0.05, 0) is 67.5 Å². The molecule has 4 aromatic rings. The van der Waals surface area contributed by atoms with E-state index in [0.29, 0.717) is 6.61 Å². The third-order valence-electron chi connectivity index (χ3n) is 7.15. The van der Waals surface area contributed by atoms with Gasteiger partial charge in [0.1, 0.15) is 30.3 Å². The number of nitrogens with one attached hydrogen (secondary N) is 1. The number of fused-ring (bicyclic) bond motifs is 3. The standard InChI is InChI=1S/C27H29N5O/c1-3-18-4-7-23-22(12-18)27(29-16-28-23)32-10-11-33-26-9-6-19(13-21(26)15-32)20-5-8-24-25(14-20)31-17(2)30-24/h5-6,8-9,13-14,16,18H,3-4,7,10-12,15H2,1-2H3,(H,30,31). The van der Waals surface area contributed by atoms with E-state index in [1.54, 1.807) is 6.33 Å². The average Bonchev–Trinajstić information content (AvgIpc) is 3.09. The number of nitrogens with zero attached hydrogens (tertiary/aromatic N) is 4. The summed E-state index contributed by atoms with van der Waals surface area (Å²) in [5, 5.41) is 0. The number of aryl methyl sites for hydroxylation is 2. The van der Waals surface area contributed by atoms with Crippen LogP contribution in [0.2, 0.25) is 0 Å². The van der Waals surface area contributed by atoms with Crippen molar-refractivity contribution in [3.05, 3.63) is 65.4 Å². The van der Waals surface area contributed by atoms with E-state index in [0.717, 1.165) is 60.3 Å². The molecule has 6 nitrogen and oxygen atoms in total. The summed E-state index contributed by atoms with van der Waals surface area (Å²) in [6.45, 7) is 6.54. The highest BCUT2D eigenvalue weighted by atomic mass is 16.5. The number of benzene rings is 2. The van der Waals surface area contributed by atoms with Gasteiger partial charge in [0.05, 0.1) is 17.6 Å². The van der Waals surface area contributed by atoms with Crippen LogP contribution in [0, 0.1) is 12.8 Å². The van der Waals surface area contributed by atoms with Crippen LogP contribution in [0.1, 0.15) is 42.4 Å². The first-order valence-electron chi connectivity index (χ1n) is 12.0. The number of imidazole rings is 1. The van der Waals surface area contributed by atoms with Crippen molar-refractivity contribution in [2.45, 2.75) is 46.1 Å². The normalized spacial score (nSPS) is 17.9. The van der Waals surface area contributed by atoms with Gasteiger partial charge in [0.2, 0.25) is 0 Å². The predicted molar refractivity (Wildman–Crippen MR) is 131 cm³/mol. The number of aromatic nitrogens is 4. The Balaban J connectivity index is 1.35. The number of rotatable bonds is 3. The highest BCUT2D eigenvalue weighted by molar-refractivity contribution is 5.82. The van der Waals surface area contributed by atoms with Gasteiger partial charge in [0, 0.05) is 23.4 Å². The van der Waals surface area contributed by atoms with E-state index in [2.05, 4.69) is 63.2 Å². The third-order valence-corrected chi connectivity index (χ3v) is 7.15. The Morgan fingerprint density at radius 2 is 2.00 bits per heavy atom. The molecule has 0 amide bonds. The van der Waals surface area contributed by atoms with Crippen LogP contribution in [0.25, 0.3) is 22.2 Å². The maximum Gasteiger partial charge on any atom is 0.135 e. The van der Waals surface area contributed by atoms with E-state index < -0.39 is 0 Å². The van der Waals surface area contributed by atoms with Crippen LogP contribution < -0.4 is 9.64 Å². The van der Waals surface area contributed by atoms with Crippen molar-refractivity contribution in [3.8, 4) is 16.9 Å². The largest absolute Gasteiger partial charge is 0.491 e. The molecule has 1 aliphatic carbocycles. The molecule has 1 N–H and O–H groups in total. The lowest BCUT2D eigenvalue weighted by molar-refractivity contribution is 0.331. The minimum atomic E-state index is 0.654. The fourth-order valence-electron chi connectivity index (χ4n) is 5.29. The summed E-state index contributed by atoms with van der Waals surface area (Å²) in [6, 6.07) is 12.9. The summed E-state index contributed by atoms with van der Waals surface area (Å²) >= 11 is 0. The van der Waals surface area contributed by atoms with Crippen LogP contribution in [0.4, 0.5) is 5.82 Å². The lowest BCUT2D eigenvalue weighted by atomic mass is 9.85. The van der Waals surface area contributed by atoms with Gasteiger partial charge in [0.15, 0.2) is 0 Å². The molecule has 0 radical (unpaired) electrons. The van der Waals surface area contributed by atoms with Crippen LogP contribution in [0.3, 0.4) is 0 Å². The molecule has 33 heavy (non-hydrogen) atoms. The van der Waals surface area contributed by atoms with Gasteiger partial charge >= 0.3 is 0 Å². The van der Waals surface area contributed by atoms with Crippen LogP contribution in [-0.2, 0) is 19.4 Å². The quantitative estimate of drug-likeness (QED) is 0.473. The third kappa shape index (κ3) is 3.73. The van der Waals surface area contributed by atoms with Gasteiger partial charge in [-0.2, -0.15) is 0 Å². The van der Waals surface area contributed by atoms with E-state index in [1.807, 2.05) is 6.92 Å². The van der Waals surface area contributed by atoms with E-state index in [9.17, 15) is 0 Å². The molecule has 3 heterocycles. The number of ether oxygens (including phenoxy) is 1. The number of hydrogen-bond donors (Lipinski definition) is 1. The molecule has 2 aliphatic rings. The van der Waals surface area contributed by atoms with Gasteiger partial charge in [-0.15, -0.1) is 0 Å². The van der Waals surface area contributed by atoms with Crippen LogP contribution >= 0.6 is 0 Å². The van der Waals surface area contributed by atoms with E-state index in [4.69, 9.17) is 9.72 Å². The smallest absolute Gasteiger partial charge is 0.135 e. The second-order valence-corrected chi connectivity index (χ2v) is 9.29. The second kappa shape index (κ2) is 8.18. The topological polar surface area (TPSA) is 66.9 Å². The van der Waals surface area contributed by atoms with Gasteiger partial charge < -0.3 is 14.6 Å². The molecular formula is C27H29N5O. The number of anilines is 1. The molecule has 2 aromatic heterocycles. The highest BCUT2D eigenvalue weighted by Crippen LogP contribution is 2.35. The fourth-order valence-corrected chi connectivity index (χ4v) is 5.29. The number of aromatic amines is 1. The average molecular weight is 440 g/mol. The fraction of sp³-hybridized carbons (Fsp3) is 0.370. The first kappa shape index (κ1) is 20.2. The second-order valence-electron chi connectivity index (χ2n) is 9.29. The molecule has 168 valence electrons. The molecule has 0 saturated carbocycles. The minimum Gasteiger partial charge on any atom is -0.491 e. The number of hydrogen-bond acceptors (Lipinski definition) is 5. The zero-order chi connectivity index (χ0) is 22.4. The summed E-state index contributed by atoms with van der Waals surface area (Å²) in [7, 11) is 0. The molecule has 1 atom stereocenters. The summed E-state index contributed by atoms with van der Waals surface area (Å²) < 4.78 is 6.15. The monoisotopic (exact) mass is 439 g/mol. The molecule has 6 heteroatoms. The molecule has 0 fully saturated rings. The lowest BCUT2D eigenvalue weighted by Gasteiger charge is -2.29. The predicted octanol–water partition coefficient (Wildman–Crippen LogP) is 5.24. The van der Waals surface area contributed by atoms with Crippen molar-refractivity contribution in [3.63, 3.8) is 0 Å². The zero-order valence-corrected chi connectivity index (χ0v) is 19.3. The van der Waals surface area contributed by atoms with Gasteiger partial charge in [-0.1, -0.05) is 25.5 Å². The molecule has 0 bridgehead atoms. The Morgan fingerprint density at radius 1 is 1.12 bits per heavy atom. The minimum absolute atomic E-state index is 0.654. The van der Waals surface area contributed by atoms with Crippen molar-refractivity contribution in [1.82, 2.24) is 19.9 Å². The molecule has 1 aliphatic heterocycles. The van der Waals surface area contributed by atoms with Crippen LogP contribution in [0.5, 0.6) is 5.75 Å². The van der Waals surface area contributed by atoms with E-state index >= 15 is 0 Å². The molecule has 2 aromatic carbocycles. The molecule has 0 spiro atoms. The maximum absolute atomic E-state index is 6.15. The lowest BCUT2D eigenvalue weighted by Crippen LogP contribution is -2.29. The maximum atomic E-state index is 6.15. The Kier molecular flexibility index (Phi) is 5.01. The summed E-state index contributed by atoms with van der Waals surface area (Å²) in [4.78, 5) is 19.6. The van der Waals surface area contributed by atoms with Crippen LogP contribution in [-0.4, -0.2) is 33.1 Å².